The van der Waals surface area contributed by atoms with Gasteiger partial charge in [0.2, 0.25) is 0 Å². The van der Waals surface area contributed by atoms with Crippen LogP contribution >= 0.6 is 24.0 Å². The van der Waals surface area contributed by atoms with Crippen molar-refractivity contribution in [1.29, 1.82) is 0 Å². The van der Waals surface area contributed by atoms with Crippen LogP contribution in [-0.4, -0.2) is 46.9 Å². The van der Waals surface area contributed by atoms with Gasteiger partial charge in [-0.3, -0.25) is 4.90 Å². The van der Waals surface area contributed by atoms with Crippen molar-refractivity contribution in [1.82, 2.24) is 25.5 Å². The second kappa shape index (κ2) is 7.93. The van der Waals surface area contributed by atoms with E-state index in [1.807, 2.05) is 7.05 Å². The van der Waals surface area contributed by atoms with E-state index in [1.165, 1.54) is 12.1 Å². The molecule has 3 heterocycles. The molecule has 144 valence electrons. The molecule has 1 aliphatic heterocycles. The zero-order valence-electron chi connectivity index (χ0n) is 14.7. The minimum absolute atomic E-state index is 0. The summed E-state index contributed by atoms with van der Waals surface area (Å²) >= 11 is 6.18. The van der Waals surface area contributed by atoms with Crippen molar-refractivity contribution in [2.45, 2.75) is 13.0 Å². The van der Waals surface area contributed by atoms with Gasteiger partial charge in [-0.2, -0.15) is 4.98 Å². The van der Waals surface area contributed by atoms with Crippen molar-refractivity contribution in [2.24, 2.45) is 0 Å². The third-order valence-corrected chi connectivity index (χ3v) is 4.84. The summed E-state index contributed by atoms with van der Waals surface area (Å²) in [5.41, 5.74) is 0.843. The predicted molar refractivity (Wildman–Crippen MR) is 100 cm³/mol. The Hall–Kier alpha value is -2.00. The summed E-state index contributed by atoms with van der Waals surface area (Å²) in [5, 5.41) is 11.6. The van der Waals surface area contributed by atoms with Crippen LogP contribution in [0.2, 0.25) is 5.02 Å². The molecule has 1 saturated heterocycles. The van der Waals surface area contributed by atoms with Gasteiger partial charge in [0.15, 0.2) is 5.82 Å². The van der Waals surface area contributed by atoms with Gasteiger partial charge in [-0.15, -0.1) is 12.4 Å². The molecule has 0 spiro atoms. The summed E-state index contributed by atoms with van der Waals surface area (Å²) in [6.07, 6.45) is 0. The average molecular weight is 414 g/mol. The number of aryl methyl sites for hydroxylation is 1. The van der Waals surface area contributed by atoms with Crippen LogP contribution in [-0.2, 0) is 0 Å². The Labute approximate surface area is 166 Å². The lowest BCUT2D eigenvalue weighted by Gasteiger charge is -2.30. The first kappa shape index (κ1) is 19.8. The van der Waals surface area contributed by atoms with Gasteiger partial charge in [-0.05, 0) is 26.1 Å². The van der Waals surface area contributed by atoms with E-state index in [0.29, 0.717) is 17.1 Å². The molecule has 4 rings (SSSR count). The number of piperazine rings is 1. The number of halogens is 3. The lowest BCUT2D eigenvalue weighted by molar-refractivity contribution is 0.190. The molecular formula is C17H18Cl2FN5O2. The predicted octanol–water partition coefficient (Wildman–Crippen LogP) is 3.49. The van der Waals surface area contributed by atoms with Crippen molar-refractivity contribution in [3.05, 3.63) is 40.6 Å². The molecule has 1 unspecified atom stereocenters. The highest BCUT2D eigenvalue weighted by Crippen LogP contribution is 2.38. The van der Waals surface area contributed by atoms with Crippen molar-refractivity contribution < 1.29 is 13.4 Å². The molecule has 0 amide bonds. The first-order chi connectivity index (χ1) is 12.6. The fraction of sp³-hybridized carbons (Fsp3) is 0.353. The van der Waals surface area contributed by atoms with Gasteiger partial charge in [-0.25, -0.2) is 4.39 Å². The number of nitrogens with zero attached hydrogens (tertiary/aromatic N) is 4. The molecule has 1 aliphatic rings. The highest BCUT2D eigenvalue weighted by Gasteiger charge is 2.29. The lowest BCUT2D eigenvalue weighted by Crippen LogP contribution is -2.44. The van der Waals surface area contributed by atoms with Crippen molar-refractivity contribution >= 4 is 24.0 Å². The molecule has 0 saturated carbocycles. The molecule has 27 heavy (non-hydrogen) atoms. The second-order valence-corrected chi connectivity index (χ2v) is 6.62. The van der Waals surface area contributed by atoms with Crippen molar-refractivity contribution in [3.8, 4) is 22.7 Å². The van der Waals surface area contributed by atoms with Gasteiger partial charge >= 0.3 is 0 Å². The van der Waals surface area contributed by atoms with Crippen LogP contribution in [0.25, 0.3) is 22.7 Å². The summed E-state index contributed by atoms with van der Waals surface area (Å²) in [6, 6.07) is 4.44. The standard InChI is InChI=1S/C17H17ClFN5O2.ClH/c1-9-13(15(22-25-9)14-10(18)4-3-5-11(14)19)17-21-16(23-26-17)12-8-20-6-7-24(12)2;/h3-5,12,20H,6-8H2,1-2H3;1H. The second-order valence-electron chi connectivity index (χ2n) is 6.22. The Balaban J connectivity index is 0.00000210. The maximum Gasteiger partial charge on any atom is 0.263 e. The Bertz CT molecular complexity index is 925. The van der Waals surface area contributed by atoms with Crippen LogP contribution in [0.3, 0.4) is 0 Å². The molecule has 0 aliphatic carbocycles. The van der Waals surface area contributed by atoms with E-state index in [0.717, 1.165) is 19.6 Å². The van der Waals surface area contributed by atoms with Gasteiger partial charge in [0.25, 0.3) is 5.89 Å². The van der Waals surface area contributed by atoms with E-state index >= 15 is 0 Å². The van der Waals surface area contributed by atoms with Gasteiger partial charge < -0.3 is 14.4 Å². The van der Waals surface area contributed by atoms with Crippen LogP contribution in [0, 0.1) is 12.7 Å². The summed E-state index contributed by atoms with van der Waals surface area (Å²) in [6.45, 7) is 4.23. The molecule has 1 fully saturated rings. The quantitative estimate of drug-likeness (QED) is 0.703. The van der Waals surface area contributed by atoms with Crippen LogP contribution in [0.1, 0.15) is 17.6 Å². The largest absolute Gasteiger partial charge is 0.360 e. The van der Waals surface area contributed by atoms with E-state index in [4.69, 9.17) is 20.6 Å². The summed E-state index contributed by atoms with van der Waals surface area (Å²) < 4.78 is 25.1. The van der Waals surface area contributed by atoms with Crippen LogP contribution in [0.4, 0.5) is 4.39 Å². The third kappa shape index (κ3) is 3.58. The Kier molecular flexibility index (Phi) is 5.81. The number of aromatic nitrogens is 3. The molecule has 0 bridgehead atoms. The number of hydrogen-bond acceptors (Lipinski definition) is 7. The highest BCUT2D eigenvalue weighted by molar-refractivity contribution is 6.33. The minimum Gasteiger partial charge on any atom is -0.360 e. The van der Waals surface area contributed by atoms with Gasteiger partial charge in [0, 0.05) is 19.6 Å². The topological polar surface area (TPSA) is 80.2 Å². The first-order valence-corrected chi connectivity index (χ1v) is 8.59. The first-order valence-electron chi connectivity index (χ1n) is 8.22. The highest BCUT2D eigenvalue weighted by atomic mass is 35.5. The molecule has 10 heteroatoms. The van der Waals surface area contributed by atoms with Gasteiger partial charge in [-0.1, -0.05) is 28.0 Å². The molecule has 1 N–H and O–H groups in total. The van der Waals surface area contributed by atoms with Crippen molar-refractivity contribution in [2.75, 3.05) is 26.7 Å². The zero-order valence-corrected chi connectivity index (χ0v) is 16.3. The number of benzene rings is 1. The summed E-state index contributed by atoms with van der Waals surface area (Å²) in [4.78, 5) is 6.66. The lowest BCUT2D eigenvalue weighted by atomic mass is 10.1. The van der Waals surface area contributed by atoms with E-state index < -0.39 is 5.82 Å². The molecule has 7 nitrogen and oxygen atoms in total. The fourth-order valence-electron chi connectivity index (χ4n) is 3.08. The number of hydrogen-bond donors (Lipinski definition) is 1. The maximum atomic E-state index is 14.3. The number of rotatable bonds is 3. The smallest absolute Gasteiger partial charge is 0.263 e. The third-order valence-electron chi connectivity index (χ3n) is 4.53. The Morgan fingerprint density at radius 2 is 2.07 bits per heavy atom. The van der Waals surface area contributed by atoms with E-state index in [9.17, 15) is 4.39 Å². The zero-order chi connectivity index (χ0) is 18.3. The normalized spacial score (nSPS) is 17.7. The van der Waals surface area contributed by atoms with Gasteiger partial charge in [0.1, 0.15) is 22.8 Å². The maximum absolute atomic E-state index is 14.3. The number of nitrogens with one attached hydrogen (secondary N) is 1. The van der Waals surface area contributed by atoms with Gasteiger partial charge in [0.05, 0.1) is 16.6 Å². The molecule has 1 atom stereocenters. The van der Waals surface area contributed by atoms with E-state index in [-0.39, 0.29) is 40.6 Å². The van der Waals surface area contributed by atoms with Crippen LogP contribution < -0.4 is 5.32 Å². The minimum atomic E-state index is -0.497. The molecule has 2 aromatic heterocycles. The molecule has 0 radical (unpaired) electrons. The van der Waals surface area contributed by atoms with E-state index in [2.05, 4.69) is 25.5 Å². The SMILES string of the molecule is Cc1onc(-c2c(F)cccc2Cl)c1-c1nc(C2CNCCN2C)no1.Cl. The fourth-order valence-corrected chi connectivity index (χ4v) is 3.34. The summed E-state index contributed by atoms with van der Waals surface area (Å²) in [7, 11) is 2.01. The van der Waals surface area contributed by atoms with Crippen molar-refractivity contribution in [3.63, 3.8) is 0 Å². The molecule has 3 aromatic rings. The van der Waals surface area contributed by atoms with Crippen LogP contribution in [0.5, 0.6) is 0 Å². The monoisotopic (exact) mass is 413 g/mol. The Morgan fingerprint density at radius 3 is 2.81 bits per heavy atom. The number of likely N-dealkylation sites (N-methyl/N-ethyl adjacent to an activating group) is 1. The summed E-state index contributed by atoms with van der Waals surface area (Å²) in [5.74, 6) is 0.737. The van der Waals surface area contributed by atoms with Crippen LogP contribution in [0.15, 0.2) is 27.2 Å². The molecule has 1 aromatic carbocycles. The molecular weight excluding hydrogens is 396 g/mol. The average Bonchev–Trinajstić information content (AvgIpc) is 3.22. The van der Waals surface area contributed by atoms with E-state index in [1.54, 1.807) is 13.0 Å². The Morgan fingerprint density at radius 1 is 1.26 bits per heavy atom.